The molecule has 21 heavy (non-hydrogen) atoms. The van der Waals surface area contributed by atoms with Gasteiger partial charge in [0.25, 0.3) is 0 Å². The zero-order valence-electron chi connectivity index (χ0n) is 12.3. The van der Waals surface area contributed by atoms with Gasteiger partial charge in [0.2, 0.25) is 0 Å². The summed E-state index contributed by atoms with van der Waals surface area (Å²) in [5.74, 6) is -0.870. The van der Waals surface area contributed by atoms with Gasteiger partial charge in [-0.2, -0.15) is 0 Å². The molecule has 0 aliphatic heterocycles. The Morgan fingerprint density at radius 1 is 1.29 bits per heavy atom. The van der Waals surface area contributed by atoms with Crippen LogP contribution in [-0.4, -0.2) is 22.6 Å². The third-order valence-electron chi connectivity index (χ3n) is 4.02. The van der Waals surface area contributed by atoms with Crippen LogP contribution in [0.1, 0.15) is 44.6 Å². The van der Waals surface area contributed by atoms with E-state index in [0.717, 1.165) is 43.4 Å². The summed E-state index contributed by atoms with van der Waals surface area (Å²) in [6, 6.07) is 7.34. The van der Waals surface area contributed by atoms with E-state index in [1.165, 1.54) is 0 Å². The van der Waals surface area contributed by atoms with Crippen LogP contribution in [0.15, 0.2) is 24.3 Å². The molecule has 0 saturated heterocycles. The van der Waals surface area contributed by atoms with Gasteiger partial charge in [0.1, 0.15) is 0 Å². The Kier molecular flexibility index (Phi) is 4.83. The fourth-order valence-corrected chi connectivity index (χ4v) is 2.96. The Morgan fingerprint density at radius 3 is 2.62 bits per heavy atom. The molecule has 1 aliphatic carbocycles. The molecule has 3 N–H and O–H groups in total. The highest BCUT2D eigenvalue weighted by Crippen LogP contribution is 2.32. The standard InChI is InChI=1S/C16H22N2O3/c1-2-12-6-5-7-13(10-12)17-15(21)18-16(11-14(19)20)8-3-4-9-16/h5-7,10H,2-4,8-9,11H2,1H3,(H,19,20)(H2,17,18,21). The van der Waals surface area contributed by atoms with Crippen LogP contribution in [0.2, 0.25) is 0 Å². The second-order valence-electron chi connectivity index (χ2n) is 5.69. The van der Waals surface area contributed by atoms with Gasteiger partial charge in [-0.15, -0.1) is 0 Å². The summed E-state index contributed by atoms with van der Waals surface area (Å²) in [6.45, 7) is 2.06. The number of hydrogen-bond donors (Lipinski definition) is 3. The van der Waals surface area contributed by atoms with Gasteiger partial charge in [-0.3, -0.25) is 4.79 Å². The van der Waals surface area contributed by atoms with Crippen LogP contribution in [0.5, 0.6) is 0 Å². The van der Waals surface area contributed by atoms with E-state index in [9.17, 15) is 9.59 Å². The molecule has 114 valence electrons. The number of carboxylic acid groups (broad SMARTS) is 1. The summed E-state index contributed by atoms with van der Waals surface area (Å²) in [7, 11) is 0. The van der Waals surface area contributed by atoms with Gasteiger partial charge >= 0.3 is 12.0 Å². The highest BCUT2D eigenvalue weighted by atomic mass is 16.4. The largest absolute Gasteiger partial charge is 0.481 e. The highest BCUT2D eigenvalue weighted by molar-refractivity contribution is 5.90. The lowest BCUT2D eigenvalue weighted by molar-refractivity contribution is -0.138. The maximum atomic E-state index is 12.1. The highest BCUT2D eigenvalue weighted by Gasteiger charge is 2.37. The molecule has 1 aliphatic rings. The number of amides is 2. The molecular weight excluding hydrogens is 268 g/mol. The lowest BCUT2D eigenvalue weighted by Crippen LogP contribution is -2.49. The molecular formula is C16H22N2O3. The van der Waals surface area contributed by atoms with Gasteiger partial charge in [0, 0.05) is 5.69 Å². The third kappa shape index (κ3) is 4.21. The number of nitrogens with one attached hydrogen (secondary N) is 2. The number of hydrogen-bond acceptors (Lipinski definition) is 2. The van der Waals surface area contributed by atoms with Crippen molar-refractivity contribution in [3.8, 4) is 0 Å². The summed E-state index contributed by atoms with van der Waals surface area (Å²) in [6.07, 6.45) is 4.25. The van der Waals surface area contributed by atoms with E-state index in [2.05, 4.69) is 17.6 Å². The van der Waals surface area contributed by atoms with Crippen molar-refractivity contribution in [1.82, 2.24) is 5.32 Å². The quantitative estimate of drug-likeness (QED) is 0.779. The molecule has 5 heteroatoms. The van der Waals surface area contributed by atoms with Gasteiger partial charge in [-0.1, -0.05) is 31.9 Å². The predicted octanol–water partition coefficient (Wildman–Crippen LogP) is 3.16. The maximum Gasteiger partial charge on any atom is 0.319 e. The van der Waals surface area contributed by atoms with Crippen molar-refractivity contribution in [2.75, 3.05) is 5.32 Å². The summed E-state index contributed by atoms with van der Waals surface area (Å²) in [4.78, 5) is 23.2. The molecule has 1 aromatic carbocycles. The number of carbonyl (C=O) groups is 2. The third-order valence-corrected chi connectivity index (χ3v) is 4.02. The molecule has 0 unspecified atom stereocenters. The second-order valence-corrected chi connectivity index (χ2v) is 5.69. The number of carboxylic acids is 1. The van der Waals surface area contributed by atoms with Crippen LogP contribution in [0.25, 0.3) is 0 Å². The molecule has 0 atom stereocenters. The van der Waals surface area contributed by atoms with Crippen molar-refractivity contribution < 1.29 is 14.7 Å². The summed E-state index contributed by atoms with van der Waals surface area (Å²) in [5, 5.41) is 14.7. The molecule has 1 fully saturated rings. The van der Waals surface area contributed by atoms with Gasteiger partial charge in [-0.25, -0.2) is 4.79 Å². The first kappa shape index (κ1) is 15.4. The molecule has 0 aromatic heterocycles. The average molecular weight is 290 g/mol. The minimum atomic E-state index is -0.870. The van der Waals surface area contributed by atoms with Crippen molar-refractivity contribution in [2.24, 2.45) is 0 Å². The molecule has 1 saturated carbocycles. The lowest BCUT2D eigenvalue weighted by Gasteiger charge is -2.28. The molecule has 1 aromatic rings. The SMILES string of the molecule is CCc1cccc(NC(=O)NC2(CC(=O)O)CCCC2)c1. The van der Waals surface area contributed by atoms with E-state index in [1.807, 2.05) is 24.3 Å². The van der Waals surface area contributed by atoms with E-state index in [-0.39, 0.29) is 12.5 Å². The number of aryl methyl sites for hydroxylation is 1. The Balaban J connectivity index is 2.00. The normalized spacial score (nSPS) is 16.4. The average Bonchev–Trinajstić information content (AvgIpc) is 2.85. The minimum Gasteiger partial charge on any atom is -0.481 e. The number of rotatable bonds is 5. The zero-order valence-corrected chi connectivity index (χ0v) is 12.3. The van der Waals surface area contributed by atoms with E-state index in [1.54, 1.807) is 0 Å². The Morgan fingerprint density at radius 2 is 2.00 bits per heavy atom. The minimum absolute atomic E-state index is 0.0184. The number of carbonyl (C=O) groups excluding carboxylic acids is 1. The number of aliphatic carboxylic acids is 1. The predicted molar refractivity (Wildman–Crippen MR) is 81.4 cm³/mol. The Labute approximate surface area is 124 Å². The first-order valence-corrected chi connectivity index (χ1v) is 7.43. The fraction of sp³-hybridized carbons (Fsp3) is 0.500. The van der Waals surface area contributed by atoms with E-state index < -0.39 is 11.5 Å². The van der Waals surface area contributed by atoms with Gasteiger partial charge in [0.05, 0.1) is 12.0 Å². The first-order valence-electron chi connectivity index (χ1n) is 7.43. The molecule has 0 heterocycles. The van der Waals surface area contributed by atoms with Crippen molar-refractivity contribution in [3.63, 3.8) is 0 Å². The van der Waals surface area contributed by atoms with Crippen molar-refractivity contribution in [2.45, 2.75) is 51.0 Å². The number of benzene rings is 1. The smallest absolute Gasteiger partial charge is 0.319 e. The summed E-state index contributed by atoms with van der Waals surface area (Å²) < 4.78 is 0. The summed E-state index contributed by atoms with van der Waals surface area (Å²) >= 11 is 0. The van der Waals surface area contributed by atoms with E-state index in [0.29, 0.717) is 0 Å². The molecule has 2 amide bonds. The van der Waals surface area contributed by atoms with Crippen LogP contribution < -0.4 is 10.6 Å². The zero-order chi connectivity index (χ0) is 15.3. The maximum absolute atomic E-state index is 12.1. The van der Waals surface area contributed by atoms with Crippen LogP contribution >= 0.6 is 0 Å². The van der Waals surface area contributed by atoms with Gasteiger partial charge < -0.3 is 15.7 Å². The van der Waals surface area contributed by atoms with Crippen LogP contribution in [0.4, 0.5) is 10.5 Å². The van der Waals surface area contributed by atoms with E-state index >= 15 is 0 Å². The Hall–Kier alpha value is -2.04. The molecule has 2 rings (SSSR count). The Bertz CT molecular complexity index is 522. The fourth-order valence-electron chi connectivity index (χ4n) is 2.96. The molecule has 0 radical (unpaired) electrons. The van der Waals surface area contributed by atoms with Crippen LogP contribution in [0.3, 0.4) is 0 Å². The lowest BCUT2D eigenvalue weighted by atomic mass is 9.93. The summed E-state index contributed by atoms with van der Waals surface area (Å²) in [5.41, 5.74) is 1.28. The van der Waals surface area contributed by atoms with Crippen molar-refractivity contribution in [1.29, 1.82) is 0 Å². The van der Waals surface area contributed by atoms with Crippen molar-refractivity contribution in [3.05, 3.63) is 29.8 Å². The number of urea groups is 1. The molecule has 0 spiro atoms. The molecule has 5 nitrogen and oxygen atoms in total. The second kappa shape index (κ2) is 6.61. The molecule has 0 bridgehead atoms. The monoisotopic (exact) mass is 290 g/mol. The topological polar surface area (TPSA) is 78.4 Å². The first-order chi connectivity index (χ1) is 10.0. The van der Waals surface area contributed by atoms with Gasteiger partial charge in [0.15, 0.2) is 0 Å². The number of anilines is 1. The van der Waals surface area contributed by atoms with Crippen molar-refractivity contribution >= 4 is 17.7 Å². The van der Waals surface area contributed by atoms with E-state index in [4.69, 9.17) is 5.11 Å². The van der Waals surface area contributed by atoms with Crippen LogP contribution in [-0.2, 0) is 11.2 Å². The van der Waals surface area contributed by atoms with Crippen LogP contribution in [0, 0.1) is 0 Å². The van der Waals surface area contributed by atoms with Gasteiger partial charge in [-0.05, 0) is 37.0 Å².